The van der Waals surface area contributed by atoms with Gasteiger partial charge in [0, 0.05) is 6.07 Å². The Hall–Kier alpha value is -1.69. The average Bonchev–Trinajstić information content (AvgIpc) is 2.03. The van der Waals surface area contributed by atoms with Gasteiger partial charge in [0.25, 0.3) is 0 Å². The SMILES string of the molecule is O=C(O)c1cc(Cl)nc([N+](=O)[O-])c1. The van der Waals surface area contributed by atoms with Crippen LogP contribution in [0.3, 0.4) is 0 Å². The van der Waals surface area contributed by atoms with Crippen molar-refractivity contribution in [2.24, 2.45) is 0 Å². The summed E-state index contributed by atoms with van der Waals surface area (Å²) in [5.41, 5.74) is -0.258. The molecule has 6 nitrogen and oxygen atoms in total. The van der Waals surface area contributed by atoms with E-state index >= 15 is 0 Å². The lowest BCUT2D eigenvalue weighted by atomic mass is 10.3. The molecule has 0 saturated heterocycles. The van der Waals surface area contributed by atoms with Crippen LogP contribution >= 0.6 is 11.6 Å². The van der Waals surface area contributed by atoms with Crippen molar-refractivity contribution in [3.05, 3.63) is 33.0 Å². The van der Waals surface area contributed by atoms with Gasteiger partial charge in [0.2, 0.25) is 5.15 Å². The molecule has 0 unspecified atom stereocenters. The summed E-state index contributed by atoms with van der Waals surface area (Å²) in [6.45, 7) is 0. The first kappa shape index (κ1) is 9.40. The number of aromatic carboxylic acids is 1. The zero-order valence-electron chi connectivity index (χ0n) is 6.10. The number of hydrogen-bond donors (Lipinski definition) is 1. The average molecular weight is 203 g/mol. The Morgan fingerprint density at radius 1 is 1.62 bits per heavy atom. The van der Waals surface area contributed by atoms with E-state index in [9.17, 15) is 14.9 Å². The highest BCUT2D eigenvalue weighted by atomic mass is 35.5. The molecule has 0 aromatic carbocycles. The summed E-state index contributed by atoms with van der Waals surface area (Å²) in [6.07, 6.45) is 0. The maximum atomic E-state index is 10.4. The van der Waals surface area contributed by atoms with E-state index in [2.05, 4.69) is 4.98 Å². The highest BCUT2D eigenvalue weighted by molar-refractivity contribution is 6.29. The van der Waals surface area contributed by atoms with Crippen LogP contribution in [0.5, 0.6) is 0 Å². The summed E-state index contributed by atoms with van der Waals surface area (Å²) in [4.78, 5) is 23.1. The van der Waals surface area contributed by atoms with Gasteiger partial charge in [-0.05, 0) is 21.5 Å². The van der Waals surface area contributed by atoms with Crippen LogP contribution in [0, 0.1) is 10.1 Å². The minimum atomic E-state index is -1.28. The number of halogens is 1. The molecule has 0 atom stereocenters. The van der Waals surface area contributed by atoms with Crippen molar-refractivity contribution in [3.8, 4) is 0 Å². The van der Waals surface area contributed by atoms with Crippen LogP contribution in [0.25, 0.3) is 0 Å². The molecule has 1 N–H and O–H groups in total. The van der Waals surface area contributed by atoms with Crippen LogP contribution in [-0.4, -0.2) is 21.0 Å². The fourth-order valence-corrected chi connectivity index (χ4v) is 0.904. The predicted octanol–water partition coefficient (Wildman–Crippen LogP) is 1.34. The Morgan fingerprint density at radius 2 is 2.23 bits per heavy atom. The van der Waals surface area contributed by atoms with E-state index in [4.69, 9.17) is 16.7 Å². The van der Waals surface area contributed by atoms with Crippen LogP contribution < -0.4 is 0 Å². The van der Waals surface area contributed by atoms with Gasteiger partial charge >= 0.3 is 11.8 Å². The number of nitrogens with zero attached hydrogens (tertiary/aromatic N) is 2. The van der Waals surface area contributed by atoms with E-state index in [1.54, 1.807) is 0 Å². The summed E-state index contributed by atoms with van der Waals surface area (Å²) >= 11 is 5.36. The van der Waals surface area contributed by atoms with E-state index < -0.39 is 16.7 Å². The minimum Gasteiger partial charge on any atom is -0.478 e. The van der Waals surface area contributed by atoms with Crippen molar-refractivity contribution in [1.82, 2.24) is 4.98 Å². The molecule has 0 saturated carbocycles. The predicted molar refractivity (Wildman–Crippen MR) is 42.9 cm³/mol. The molecule has 0 fully saturated rings. The molecule has 0 spiro atoms. The van der Waals surface area contributed by atoms with Gasteiger partial charge in [0.15, 0.2) is 0 Å². The standard InChI is InChI=1S/C6H3ClN2O4/c7-4-1-3(6(10)11)2-5(8-4)9(12)13/h1-2H,(H,10,11). The van der Waals surface area contributed by atoms with Crippen LogP contribution in [0.15, 0.2) is 12.1 Å². The largest absolute Gasteiger partial charge is 0.478 e. The number of nitro groups is 1. The molecule has 1 rings (SSSR count). The molecule has 1 aromatic rings. The number of carboxylic acid groups (broad SMARTS) is 1. The number of aromatic nitrogens is 1. The lowest BCUT2D eigenvalue weighted by Crippen LogP contribution is -2.00. The van der Waals surface area contributed by atoms with E-state index in [0.29, 0.717) is 0 Å². The molecular formula is C6H3ClN2O4. The Kier molecular flexibility index (Phi) is 2.43. The number of pyridine rings is 1. The minimum absolute atomic E-state index is 0.216. The molecule has 0 aliphatic rings. The number of carbonyl (C=O) groups is 1. The smallest absolute Gasteiger partial charge is 0.365 e. The van der Waals surface area contributed by atoms with Crippen molar-refractivity contribution in [1.29, 1.82) is 0 Å². The van der Waals surface area contributed by atoms with E-state index in [-0.39, 0.29) is 10.7 Å². The summed E-state index contributed by atoms with van der Waals surface area (Å²) in [5, 5.41) is 18.5. The van der Waals surface area contributed by atoms with E-state index in [1.807, 2.05) is 0 Å². The molecule has 13 heavy (non-hydrogen) atoms. The maximum absolute atomic E-state index is 10.4. The number of carboxylic acids is 1. The first-order valence-electron chi connectivity index (χ1n) is 3.06. The Morgan fingerprint density at radius 3 is 2.69 bits per heavy atom. The second kappa shape index (κ2) is 3.36. The van der Waals surface area contributed by atoms with Crippen molar-refractivity contribution in [2.75, 3.05) is 0 Å². The second-order valence-electron chi connectivity index (χ2n) is 2.10. The molecule has 1 aromatic heterocycles. The van der Waals surface area contributed by atoms with E-state index in [1.165, 1.54) is 0 Å². The van der Waals surface area contributed by atoms with E-state index in [0.717, 1.165) is 12.1 Å². The van der Waals surface area contributed by atoms with Crippen LogP contribution in [-0.2, 0) is 0 Å². The quantitative estimate of drug-likeness (QED) is 0.444. The molecule has 68 valence electrons. The highest BCUT2D eigenvalue weighted by Gasteiger charge is 2.15. The van der Waals surface area contributed by atoms with Crippen molar-refractivity contribution < 1.29 is 14.8 Å². The van der Waals surface area contributed by atoms with Gasteiger partial charge in [0.05, 0.1) is 11.6 Å². The van der Waals surface area contributed by atoms with Crippen LogP contribution in [0.4, 0.5) is 5.82 Å². The number of hydrogen-bond acceptors (Lipinski definition) is 4. The molecule has 0 bridgehead atoms. The monoisotopic (exact) mass is 202 g/mol. The molecular weight excluding hydrogens is 200 g/mol. The Labute approximate surface area is 76.9 Å². The van der Waals surface area contributed by atoms with Gasteiger partial charge in [-0.2, -0.15) is 0 Å². The van der Waals surface area contributed by atoms with Gasteiger partial charge in [-0.15, -0.1) is 0 Å². The zero-order chi connectivity index (χ0) is 10.0. The number of rotatable bonds is 2. The fraction of sp³-hybridized carbons (Fsp3) is 0. The van der Waals surface area contributed by atoms with Gasteiger partial charge in [-0.3, -0.25) is 0 Å². The van der Waals surface area contributed by atoms with Crippen LogP contribution in [0.2, 0.25) is 5.15 Å². The summed E-state index contributed by atoms with van der Waals surface area (Å²) in [6, 6.07) is 1.88. The summed E-state index contributed by atoms with van der Waals surface area (Å²) in [5.74, 6) is -1.86. The van der Waals surface area contributed by atoms with Gasteiger partial charge in [-0.25, -0.2) is 4.79 Å². The highest BCUT2D eigenvalue weighted by Crippen LogP contribution is 2.15. The lowest BCUT2D eigenvalue weighted by Gasteiger charge is -1.94. The first-order valence-corrected chi connectivity index (χ1v) is 3.44. The molecule has 0 aliphatic carbocycles. The molecule has 0 radical (unpaired) electrons. The van der Waals surface area contributed by atoms with Crippen LogP contribution in [0.1, 0.15) is 10.4 Å². The topological polar surface area (TPSA) is 93.3 Å². The van der Waals surface area contributed by atoms with Gasteiger partial charge in [-0.1, -0.05) is 0 Å². The fourth-order valence-electron chi connectivity index (χ4n) is 0.700. The first-order chi connectivity index (χ1) is 6.00. The third-order valence-electron chi connectivity index (χ3n) is 1.21. The molecule has 0 aliphatic heterocycles. The van der Waals surface area contributed by atoms with Crippen molar-refractivity contribution in [2.45, 2.75) is 0 Å². The molecule has 0 amide bonds. The zero-order valence-corrected chi connectivity index (χ0v) is 6.85. The Bertz CT molecular complexity index is 347. The normalized spacial score (nSPS) is 9.62. The third-order valence-corrected chi connectivity index (χ3v) is 1.41. The summed E-state index contributed by atoms with van der Waals surface area (Å²) in [7, 11) is 0. The molecule has 7 heteroatoms. The van der Waals surface area contributed by atoms with Crippen molar-refractivity contribution >= 4 is 23.4 Å². The third kappa shape index (κ3) is 2.12. The van der Waals surface area contributed by atoms with Crippen molar-refractivity contribution in [3.63, 3.8) is 0 Å². The Balaban J connectivity index is 3.26. The maximum Gasteiger partial charge on any atom is 0.365 e. The summed E-state index contributed by atoms with van der Waals surface area (Å²) < 4.78 is 0. The lowest BCUT2D eigenvalue weighted by molar-refractivity contribution is -0.389. The van der Waals surface area contributed by atoms with Gasteiger partial charge < -0.3 is 15.2 Å². The second-order valence-corrected chi connectivity index (χ2v) is 2.49. The molecule has 1 heterocycles. The van der Waals surface area contributed by atoms with Gasteiger partial charge in [0.1, 0.15) is 0 Å².